The van der Waals surface area contributed by atoms with Crippen molar-refractivity contribution >= 4 is 11.8 Å². The highest BCUT2D eigenvalue weighted by Crippen LogP contribution is 2.30. The lowest BCUT2D eigenvalue weighted by molar-refractivity contribution is -0.140. The number of rotatable bonds is 3. The third-order valence-corrected chi connectivity index (χ3v) is 4.68. The minimum Gasteiger partial charge on any atom is -0.344 e. The average molecular weight is 280 g/mol. The predicted molar refractivity (Wildman–Crippen MR) is 79.1 cm³/mol. The summed E-state index contributed by atoms with van der Waals surface area (Å²) in [6, 6.07) is -0.299. The lowest BCUT2D eigenvalue weighted by Gasteiger charge is -2.38. The molecular formula is C16H28N2O2. The van der Waals surface area contributed by atoms with Gasteiger partial charge in [-0.25, -0.2) is 0 Å². The van der Waals surface area contributed by atoms with E-state index in [0.717, 1.165) is 25.9 Å². The van der Waals surface area contributed by atoms with E-state index in [1.807, 2.05) is 4.90 Å². The first-order chi connectivity index (χ1) is 9.47. The first kappa shape index (κ1) is 15.3. The molecule has 4 nitrogen and oxygen atoms in total. The van der Waals surface area contributed by atoms with Crippen molar-refractivity contribution in [2.45, 2.75) is 58.9 Å². The van der Waals surface area contributed by atoms with Gasteiger partial charge in [0.2, 0.25) is 11.8 Å². The van der Waals surface area contributed by atoms with Crippen LogP contribution in [0, 0.1) is 17.8 Å². The van der Waals surface area contributed by atoms with Gasteiger partial charge in [0.25, 0.3) is 0 Å². The lowest BCUT2D eigenvalue weighted by Crippen LogP contribution is -2.54. The Kier molecular flexibility index (Phi) is 5.06. The fourth-order valence-electron chi connectivity index (χ4n) is 3.93. The molecule has 2 rings (SSSR count). The molecule has 0 aromatic carbocycles. The number of nitrogens with one attached hydrogen (secondary N) is 1. The van der Waals surface area contributed by atoms with Crippen molar-refractivity contribution in [1.82, 2.24) is 10.2 Å². The fourth-order valence-corrected chi connectivity index (χ4v) is 3.93. The Hall–Kier alpha value is -1.06. The molecule has 0 aromatic heterocycles. The molecule has 114 valence electrons. The summed E-state index contributed by atoms with van der Waals surface area (Å²) in [6.07, 6.45) is 5.69. The summed E-state index contributed by atoms with van der Waals surface area (Å²) in [5.41, 5.74) is 0. The maximum atomic E-state index is 12.8. The number of nitrogens with zero attached hydrogens (tertiary/aromatic N) is 1. The molecule has 2 amide bonds. The van der Waals surface area contributed by atoms with Gasteiger partial charge < -0.3 is 10.2 Å². The Morgan fingerprint density at radius 1 is 1.10 bits per heavy atom. The van der Waals surface area contributed by atoms with E-state index in [9.17, 15) is 9.59 Å². The van der Waals surface area contributed by atoms with Crippen LogP contribution < -0.4 is 5.32 Å². The number of carbonyl (C=O) groups is 2. The molecule has 1 aliphatic carbocycles. The zero-order valence-electron chi connectivity index (χ0n) is 13.0. The molecule has 2 aliphatic rings. The van der Waals surface area contributed by atoms with E-state index < -0.39 is 0 Å². The van der Waals surface area contributed by atoms with Gasteiger partial charge in [-0.05, 0) is 37.0 Å². The van der Waals surface area contributed by atoms with Gasteiger partial charge in [0, 0.05) is 20.0 Å². The highest BCUT2D eigenvalue weighted by atomic mass is 16.2. The van der Waals surface area contributed by atoms with Crippen LogP contribution >= 0.6 is 0 Å². The van der Waals surface area contributed by atoms with Crippen LogP contribution in [0.25, 0.3) is 0 Å². The fraction of sp³-hybridized carbons (Fsp3) is 0.875. The molecule has 1 saturated heterocycles. The van der Waals surface area contributed by atoms with E-state index >= 15 is 0 Å². The quantitative estimate of drug-likeness (QED) is 0.861. The second kappa shape index (κ2) is 6.59. The number of piperidine rings is 1. The summed E-state index contributed by atoms with van der Waals surface area (Å²) in [7, 11) is 0. The van der Waals surface area contributed by atoms with Crippen LogP contribution in [0.4, 0.5) is 0 Å². The third-order valence-electron chi connectivity index (χ3n) is 4.68. The number of hydrogen-bond acceptors (Lipinski definition) is 2. The van der Waals surface area contributed by atoms with E-state index in [2.05, 4.69) is 19.2 Å². The van der Waals surface area contributed by atoms with Crippen LogP contribution in [0.3, 0.4) is 0 Å². The maximum absolute atomic E-state index is 12.8. The largest absolute Gasteiger partial charge is 0.344 e. The topological polar surface area (TPSA) is 49.4 Å². The Morgan fingerprint density at radius 2 is 1.65 bits per heavy atom. The van der Waals surface area contributed by atoms with Gasteiger partial charge in [-0.1, -0.05) is 26.7 Å². The monoisotopic (exact) mass is 280 g/mol. The van der Waals surface area contributed by atoms with Crippen LogP contribution in [-0.4, -0.2) is 35.8 Å². The molecule has 1 saturated carbocycles. The molecule has 1 heterocycles. The predicted octanol–water partition coefficient (Wildman–Crippen LogP) is 2.19. The SMILES string of the molecule is CC(=O)NC(C(=O)N1CC(C)CC(C)C1)C1CCCC1. The van der Waals surface area contributed by atoms with Gasteiger partial charge in [-0.15, -0.1) is 0 Å². The second-order valence-electron chi connectivity index (χ2n) is 6.91. The lowest BCUT2D eigenvalue weighted by atomic mass is 9.90. The molecule has 1 aliphatic heterocycles. The van der Waals surface area contributed by atoms with Gasteiger partial charge in [0.15, 0.2) is 0 Å². The minimum absolute atomic E-state index is 0.0895. The zero-order valence-corrected chi connectivity index (χ0v) is 13.0. The van der Waals surface area contributed by atoms with Gasteiger partial charge >= 0.3 is 0 Å². The summed E-state index contributed by atoms with van der Waals surface area (Å²) >= 11 is 0. The third kappa shape index (κ3) is 3.74. The molecule has 2 fully saturated rings. The molecule has 0 bridgehead atoms. The van der Waals surface area contributed by atoms with E-state index in [0.29, 0.717) is 17.8 Å². The van der Waals surface area contributed by atoms with Gasteiger partial charge in [0.1, 0.15) is 6.04 Å². The molecular weight excluding hydrogens is 252 g/mol. The highest BCUT2D eigenvalue weighted by Gasteiger charge is 2.36. The summed E-state index contributed by atoms with van der Waals surface area (Å²) < 4.78 is 0. The Labute approximate surface area is 122 Å². The van der Waals surface area contributed by atoms with Crippen LogP contribution in [0.5, 0.6) is 0 Å². The minimum atomic E-state index is -0.299. The highest BCUT2D eigenvalue weighted by molar-refractivity contribution is 5.87. The zero-order chi connectivity index (χ0) is 14.7. The van der Waals surface area contributed by atoms with E-state index in [1.165, 1.54) is 26.2 Å². The molecule has 3 atom stereocenters. The van der Waals surface area contributed by atoms with E-state index in [1.54, 1.807) is 0 Å². The van der Waals surface area contributed by atoms with Crippen LogP contribution in [0.1, 0.15) is 52.9 Å². The molecule has 1 N–H and O–H groups in total. The second-order valence-corrected chi connectivity index (χ2v) is 6.91. The Morgan fingerprint density at radius 3 is 2.15 bits per heavy atom. The smallest absolute Gasteiger partial charge is 0.245 e. The molecule has 4 heteroatoms. The summed E-state index contributed by atoms with van der Waals surface area (Å²) in [5.74, 6) is 1.51. The summed E-state index contributed by atoms with van der Waals surface area (Å²) in [6.45, 7) is 7.60. The first-order valence-electron chi connectivity index (χ1n) is 8.03. The van der Waals surface area contributed by atoms with Crippen molar-refractivity contribution < 1.29 is 9.59 Å². The van der Waals surface area contributed by atoms with Crippen molar-refractivity contribution in [2.24, 2.45) is 17.8 Å². The molecule has 0 spiro atoms. The molecule has 20 heavy (non-hydrogen) atoms. The average Bonchev–Trinajstić information content (AvgIpc) is 2.87. The van der Waals surface area contributed by atoms with Crippen molar-refractivity contribution in [3.05, 3.63) is 0 Å². The molecule has 0 aromatic rings. The number of hydrogen-bond donors (Lipinski definition) is 1. The summed E-state index contributed by atoms with van der Waals surface area (Å²) in [5, 5.41) is 2.92. The standard InChI is InChI=1S/C16H28N2O2/c1-11-8-12(2)10-18(9-11)16(20)15(17-13(3)19)14-6-4-5-7-14/h11-12,14-15H,4-10H2,1-3H3,(H,17,19). The van der Waals surface area contributed by atoms with E-state index in [4.69, 9.17) is 0 Å². The van der Waals surface area contributed by atoms with Gasteiger partial charge in [-0.3, -0.25) is 9.59 Å². The van der Waals surface area contributed by atoms with Crippen molar-refractivity contribution in [2.75, 3.05) is 13.1 Å². The normalized spacial score (nSPS) is 29.2. The van der Waals surface area contributed by atoms with Gasteiger partial charge in [-0.2, -0.15) is 0 Å². The van der Waals surface area contributed by atoms with Crippen LogP contribution in [0.2, 0.25) is 0 Å². The maximum Gasteiger partial charge on any atom is 0.245 e. The Bertz CT molecular complexity index is 353. The van der Waals surface area contributed by atoms with Crippen molar-refractivity contribution in [3.63, 3.8) is 0 Å². The number of amides is 2. The van der Waals surface area contributed by atoms with Crippen LogP contribution in [0.15, 0.2) is 0 Å². The number of carbonyl (C=O) groups excluding carboxylic acids is 2. The molecule has 3 unspecified atom stereocenters. The van der Waals surface area contributed by atoms with Gasteiger partial charge in [0.05, 0.1) is 0 Å². The van der Waals surface area contributed by atoms with Crippen molar-refractivity contribution in [3.8, 4) is 0 Å². The first-order valence-corrected chi connectivity index (χ1v) is 8.03. The van der Waals surface area contributed by atoms with E-state index in [-0.39, 0.29) is 17.9 Å². The van der Waals surface area contributed by atoms with Crippen LogP contribution in [-0.2, 0) is 9.59 Å². The Balaban J connectivity index is 2.06. The number of likely N-dealkylation sites (tertiary alicyclic amines) is 1. The summed E-state index contributed by atoms with van der Waals surface area (Å²) in [4.78, 5) is 26.3. The molecule has 0 radical (unpaired) electrons. The van der Waals surface area contributed by atoms with Crippen molar-refractivity contribution in [1.29, 1.82) is 0 Å².